The largest absolute Gasteiger partial charge is 0.312 e. The maximum absolute atomic E-state index is 3.49. The van der Waals surface area contributed by atoms with E-state index in [1.54, 1.807) is 0 Å². The van der Waals surface area contributed by atoms with Crippen LogP contribution < -0.4 is 5.32 Å². The second-order valence-corrected chi connectivity index (χ2v) is 7.20. The fourth-order valence-electron chi connectivity index (χ4n) is 3.20. The number of nitrogens with one attached hydrogen (secondary N) is 1. The van der Waals surface area contributed by atoms with Gasteiger partial charge < -0.3 is 5.32 Å². The summed E-state index contributed by atoms with van der Waals surface area (Å²) in [6.45, 7) is 14.9. The number of nitrogens with zero attached hydrogens (tertiary/aromatic N) is 2. The molecule has 1 unspecified atom stereocenters. The summed E-state index contributed by atoms with van der Waals surface area (Å²) in [4.78, 5) is 8.22. The predicted molar refractivity (Wildman–Crippen MR) is 92.9 cm³/mol. The normalized spacial score (nSPS) is 19.7. The Labute approximate surface area is 134 Å². The third-order valence-electron chi connectivity index (χ3n) is 4.40. The van der Waals surface area contributed by atoms with Crippen LogP contribution in [0.4, 0.5) is 0 Å². The number of hydrogen-bond acceptors (Lipinski definition) is 4. The SMILES string of the molecule is CCCNCc1ccc(CN2CCC(N(CC)CC)C2)s1. The van der Waals surface area contributed by atoms with E-state index in [1.165, 1.54) is 48.8 Å². The summed E-state index contributed by atoms with van der Waals surface area (Å²) in [7, 11) is 0. The van der Waals surface area contributed by atoms with Gasteiger partial charge in [-0.1, -0.05) is 20.8 Å². The average Bonchev–Trinajstić information content (AvgIpc) is 3.11. The van der Waals surface area contributed by atoms with Gasteiger partial charge in [0.1, 0.15) is 0 Å². The first-order chi connectivity index (χ1) is 10.3. The lowest BCUT2D eigenvalue weighted by Gasteiger charge is -2.26. The molecule has 1 N–H and O–H groups in total. The fourth-order valence-corrected chi connectivity index (χ4v) is 4.24. The maximum atomic E-state index is 3.49. The fraction of sp³-hybridized carbons (Fsp3) is 0.765. The number of likely N-dealkylation sites (N-methyl/N-ethyl adjacent to an activating group) is 1. The first kappa shape index (κ1) is 16.9. The zero-order valence-corrected chi connectivity index (χ0v) is 14.7. The Kier molecular flexibility index (Phi) is 7.17. The molecule has 1 aromatic heterocycles. The minimum Gasteiger partial charge on any atom is -0.312 e. The lowest BCUT2D eigenvalue weighted by atomic mass is 10.2. The average molecular weight is 310 g/mol. The Morgan fingerprint density at radius 3 is 2.71 bits per heavy atom. The van der Waals surface area contributed by atoms with Gasteiger partial charge >= 0.3 is 0 Å². The standard InChI is InChI=1S/C17H31N3S/c1-4-10-18-12-16-7-8-17(21-16)14-19-11-9-15(13-19)20(5-2)6-3/h7-8,15,18H,4-6,9-14H2,1-3H3. The summed E-state index contributed by atoms with van der Waals surface area (Å²) < 4.78 is 0. The van der Waals surface area contributed by atoms with E-state index in [2.05, 4.69) is 48.0 Å². The van der Waals surface area contributed by atoms with Gasteiger partial charge in [0.25, 0.3) is 0 Å². The van der Waals surface area contributed by atoms with Gasteiger partial charge in [-0.3, -0.25) is 9.80 Å². The molecule has 2 rings (SSSR count). The molecule has 0 radical (unpaired) electrons. The Bertz CT molecular complexity index is 400. The quantitative estimate of drug-likeness (QED) is 0.707. The highest BCUT2D eigenvalue weighted by Crippen LogP contribution is 2.22. The zero-order chi connectivity index (χ0) is 15.1. The molecule has 0 spiro atoms. The predicted octanol–water partition coefficient (Wildman–Crippen LogP) is 3.16. The molecule has 0 aromatic carbocycles. The van der Waals surface area contributed by atoms with E-state index in [-0.39, 0.29) is 0 Å². The zero-order valence-electron chi connectivity index (χ0n) is 13.9. The Hall–Kier alpha value is -0.420. The number of rotatable bonds is 9. The van der Waals surface area contributed by atoms with Crippen LogP contribution in [0.5, 0.6) is 0 Å². The van der Waals surface area contributed by atoms with Crippen molar-refractivity contribution in [3.05, 3.63) is 21.9 Å². The van der Waals surface area contributed by atoms with Gasteiger partial charge in [0, 0.05) is 42.0 Å². The van der Waals surface area contributed by atoms with Crippen molar-refractivity contribution < 1.29 is 0 Å². The highest BCUT2D eigenvalue weighted by molar-refractivity contribution is 7.11. The highest BCUT2D eigenvalue weighted by Gasteiger charge is 2.26. The maximum Gasteiger partial charge on any atom is 0.0328 e. The van der Waals surface area contributed by atoms with E-state index < -0.39 is 0 Å². The van der Waals surface area contributed by atoms with E-state index in [0.29, 0.717) is 0 Å². The number of likely N-dealkylation sites (tertiary alicyclic amines) is 1. The van der Waals surface area contributed by atoms with Crippen LogP contribution in [0.25, 0.3) is 0 Å². The molecular weight excluding hydrogens is 278 g/mol. The molecule has 1 atom stereocenters. The molecule has 120 valence electrons. The molecule has 1 aliphatic rings. The molecular formula is C17H31N3S. The van der Waals surface area contributed by atoms with E-state index in [9.17, 15) is 0 Å². The van der Waals surface area contributed by atoms with Crippen LogP contribution >= 0.6 is 11.3 Å². The van der Waals surface area contributed by atoms with Gasteiger partial charge in [0.05, 0.1) is 0 Å². The van der Waals surface area contributed by atoms with E-state index >= 15 is 0 Å². The first-order valence-corrected chi connectivity index (χ1v) is 9.33. The second-order valence-electron chi connectivity index (χ2n) is 5.94. The number of hydrogen-bond donors (Lipinski definition) is 1. The van der Waals surface area contributed by atoms with Crippen LogP contribution in [0, 0.1) is 0 Å². The van der Waals surface area contributed by atoms with Gasteiger partial charge in [-0.25, -0.2) is 0 Å². The van der Waals surface area contributed by atoms with Crippen molar-refractivity contribution in [2.45, 2.75) is 52.7 Å². The highest BCUT2D eigenvalue weighted by atomic mass is 32.1. The van der Waals surface area contributed by atoms with Crippen LogP contribution in [-0.2, 0) is 13.1 Å². The molecule has 0 saturated carbocycles. The van der Waals surface area contributed by atoms with Gasteiger partial charge in [0.2, 0.25) is 0 Å². The van der Waals surface area contributed by atoms with Crippen molar-refractivity contribution in [1.82, 2.24) is 15.1 Å². The molecule has 1 aromatic rings. The lowest BCUT2D eigenvalue weighted by Crippen LogP contribution is -2.37. The van der Waals surface area contributed by atoms with E-state index in [0.717, 1.165) is 25.7 Å². The summed E-state index contributed by atoms with van der Waals surface area (Å²) in [6.07, 6.45) is 2.54. The smallest absolute Gasteiger partial charge is 0.0328 e. The molecule has 21 heavy (non-hydrogen) atoms. The van der Waals surface area contributed by atoms with Gasteiger partial charge in [-0.05, 0) is 44.6 Å². The Morgan fingerprint density at radius 1 is 1.24 bits per heavy atom. The van der Waals surface area contributed by atoms with E-state index in [1.807, 2.05) is 11.3 Å². The van der Waals surface area contributed by atoms with Crippen LogP contribution in [0.1, 0.15) is 43.4 Å². The van der Waals surface area contributed by atoms with Crippen molar-refractivity contribution in [1.29, 1.82) is 0 Å². The van der Waals surface area contributed by atoms with Crippen molar-refractivity contribution in [3.63, 3.8) is 0 Å². The van der Waals surface area contributed by atoms with Crippen molar-refractivity contribution in [2.75, 3.05) is 32.7 Å². The van der Waals surface area contributed by atoms with Crippen molar-refractivity contribution >= 4 is 11.3 Å². The summed E-state index contributed by atoms with van der Waals surface area (Å²) in [5.41, 5.74) is 0. The number of thiophene rings is 1. The third-order valence-corrected chi connectivity index (χ3v) is 5.47. The summed E-state index contributed by atoms with van der Waals surface area (Å²) >= 11 is 1.97. The molecule has 0 amide bonds. The minimum atomic E-state index is 0.769. The van der Waals surface area contributed by atoms with Crippen LogP contribution in [0.2, 0.25) is 0 Å². The molecule has 3 nitrogen and oxygen atoms in total. The lowest BCUT2D eigenvalue weighted by molar-refractivity contribution is 0.209. The molecule has 0 aliphatic carbocycles. The van der Waals surface area contributed by atoms with Crippen LogP contribution in [-0.4, -0.2) is 48.6 Å². The second kappa shape index (κ2) is 8.89. The summed E-state index contributed by atoms with van der Waals surface area (Å²) in [5, 5.41) is 3.49. The topological polar surface area (TPSA) is 18.5 Å². The van der Waals surface area contributed by atoms with Gasteiger partial charge in [0.15, 0.2) is 0 Å². The van der Waals surface area contributed by atoms with Crippen LogP contribution in [0.15, 0.2) is 12.1 Å². The van der Waals surface area contributed by atoms with Crippen molar-refractivity contribution in [2.24, 2.45) is 0 Å². The Morgan fingerprint density at radius 2 is 2.00 bits per heavy atom. The molecule has 1 aliphatic heterocycles. The Balaban J connectivity index is 1.78. The van der Waals surface area contributed by atoms with Gasteiger partial charge in [-0.15, -0.1) is 11.3 Å². The summed E-state index contributed by atoms with van der Waals surface area (Å²) in [6, 6.07) is 5.38. The minimum absolute atomic E-state index is 0.769. The van der Waals surface area contributed by atoms with E-state index in [4.69, 9.17) is 0 Å². The van der Waals surface area contributed by atoms with Crippen molar-refractivity contribution in [3.8, 4) is 0 Å². The molecule has 4 heteroatoms. The van der Waals surface area contributed by atoms with Crippen LogP contribution in [0.3, 0.4) is 0 Å². The summed E-state index contributed by atoms with van der Waals surface area (Å²) in [5.74, 6) is 0. The molecule has 1 saturated heterocycles. The molecule has 2 heterocycles. The molecule has 0 bridgehead atoms. The monoisotopic (exact) mass is 309 g/mol. The third kappa shape index (κ3) is 5.06. The first-order valence-electron chi connectivity index (χ1n) is 8.51. The molecule has 1 fully saturated rings. The van der Waals surface area contributed by atoms with Gasteiger partial charge in [-0.2, -0.15) is 0 Å².